The Morgan fingerprint density at radius 2 is 2.17 bits per heavy atom. The highest BCUT2D eigenvalue weighted by molar-refractivity contribution is 5.93. The molecule has 0 heterocycles. The summed E-state index contributed by atoms with van der Waals surface area (Å²) in [5.41, 5.74) is 2.27. The molecular weight excluding hydrogens is 242 g/mol. The molecule has 0 radical (unpaired) electrons. The molecule has 5 nitrogen and oxygen atoms in total. The molecule has 18 heavy (non-hydrogen) atoms. The smallest absolute Gasteiger partial charge is 0.210 e. The van der Waals surface area contributed by atoms with Crippen LogP contribution in [0.5, 0.6) is 0 Å². The number of guanidine groups is 1. The van der Waals surface area contributed by atoms with Gasteiger partial charge in [-0.25, -0.2) is 19.6 Å². The van der Waals surface area contributed by atoms with E-state index in [0.29, 0.717) is 18.7 Å². The Balaban J connectivity index is 2.88. The Hall–Kier alpha value is -1.73. The van der Waals surface area contributed by atoms with Crippen molar-refractivity contribution in [3.05, 3.63) is 29.3 Å². The Morgan fingerprint density at radius 3 is 2.78 bits per heavy atom. The monoisotopic (exact) mass is 258 g/mol. The van der Waals surface area contributed by atoms with Gasteiger partial charge in [0, 0.05) is 7.11 Å². The zero-order chi connectivity index (χ0) is 13.5. The van der Waals surface area contributed by atoms with Crippen LogP contribution in [0.2, 0.25) is 0 Å². The van der Waals surface area contributed by atoms with Gasteiger partial charge in [-0.1, -0.05) is 6.07 Å². The third-order valence-corrected chi connectivity index (χ3v) is 2.23. The first kappa shape index (κ1) is 14.3. The van der Waals surface area contributed by atoms with Crippen LogP contribution in [0.15, 0.2) is 17.1 Å². The standard InChI is InChI=1S/C11H16F2N4O/c1-7-3-4-8(12)10(9(7)13)16-11(17-14)15-5-6-18-2/h3-4H,5-6,14H2,1-2H3,(H2,15,16,17). The van der Waals surface area contributed by atoms with E-state index in [4.69, 9.17) is 10.6 Å². The van der Waals surface area contributed by atoms with Gasteiger partial charge in [0.1, 0.15) is 11.5 Å². The Bertz CT molecular complexity index is 437. The fourth-order valence-corrected chi connectivity index (χ4v) is 1.26. The molecule has 0 aliphatic carbocycles. The van der Waals surface area contributed by atoms with Gasteiger partial charge < -0.3 is 10.1 Å². The van der Waals surface area contributed by atoms with Gasteiger partial charge in [-0.05, 0) is 18.6 Å². The van der Waals surface area contributed by atoms with E-state index < -0.39 is 11.6 Å². The summed E-state index contributed by atoms with van der Waals surface area (Å²) in [6, 6.07) is 2.53. The van der Waals surface area contributed by atoms with Gasteiger partial charge in [0.2, 0.25) is 5.96 Å². The maximum Gasteiger partial charge on any atom is 0.210 e. The lowest BCUT2D eigenvalue weighted by molar-refractivity contribution is 0.208. The predicted molar refractivity (Wildman–Crippen MR) is 66.2 cm³/mol. The third-order valence-electron chi connectivity index (χ3n) is 2.23. The fraction of sp³-hybridized carbons (Fsp3) is 0.364. The molecule has 0 spiro atoms. The SMILES string of the molecule is COCCN=C(NN)Nc1c(F)ccc(C)c1F. The number of rotatable bonds is 4. The lowest BCUT2D eigenvalue weighted by Gasteiger charge is -2.12. The summed E-state index contributed by atoms with van der Waals surface area (Å²) in [5.74, 6) is 3.89. The number of aliphatic imine (C=N–C) groups is 1. The number of hydrazine groups is 1. The summed E-state index contributed by atoms with van der Waals surface area (Å²) in [7, 11) is 1.53. The van der Waals surface area contributed by atoms with Crippen molar-refractivity contribution < 1.29 is 13.5 Å². The number of anilines is 1. The number of ether oxygens (including phenoxy) is 1. The fourth-order valence-electron chi connectivity index (χ4n) is 1.26. The van der Waals surface area contributed by atoms with Crippen LogP contribution < -0.4 is 16.6 Å². The maximum atomic E-state index is 13.7. The molecule has 0 saturated heterocycles. The lowest BCUT2D eigenvalue weighted by atomic mass is 10.2. The van der Waals surface area contributed by atoms with Crippen molar-refractivity contribution >= 4 is 11.6 Å². The van der Waals surface area contributed by atoms with Crippen molar-refractivity contribution in [1.82, 2.24) is 5.43 Å². The van der Waals surface area contributed by atoms with Crippen LogP contribution in [0.4, 0.5) is 14.5 Å². The highest BCUT2D eigenvalue weighted by Gasteiger charge is 2.12. The van der Waals surface area contributed by atoms with Gasteiger partial charge >= 0.3 is 0 Å². The molecule has 7 heteroatoms. The first-order valence-electron chi connectivity index (χ1n) is 5.31. The van der Waals surface area contributed by atoms with Crippen molar-refractivity contribution in [2.45, 2.75) is 6.92 Å². The number of nitrogens with zero attached hydrogens (tertiary/aromatic N) is 1. The first-order valence-corrected chi connectivity index (χ1v) is 5.31. The van der Waals surface area contributed by atoms with Gasteiger partial charge in [0.15, 0.2) is 5.82 Å². The predicted octanol–water partition coefficient (Wildman–Crippen LogP) is 1.15. The van der Waals surface area contributed by atoms with E-state index in [1.54, 1.807) is 0 Å². The summed E-state index contributed by atoms with van der Waals surface area (Å²) in [5, 5.41) is 2.47. The topological polar surface area (TPSA) is 71.7 Å². The lowest BCUT2D eigenvalue weighted by Crippen LogP contribution is -2.37. The summed E-state index contributed by atoms with van der Waals surface area (Å²) in [6.07, 6.45) is 0. The second-order valence-corrected chi connectivity index (χ2v) is 3.55. The van der Waals surface area contributed by atoms with Crippen LogP contribution in [0.3, 0.4) is 0 Å². The van der Waals surface area contributed by atoms with Gasteiger partial charge in [-0.3, -0.25) is 5.43 Å². The molecule has 1 aromatic carbocycles. The summed E-state index contributed by atoms with van der Waals surface area (Å²) < 4.78 is 32.0. The van der Waals surface area contributed by atoms with E-state index in [1.165, 1.54) is 26.2 Å². The average molecular weight is 258 g/mol. The molecular formula is C11H16F2N4O. The zero-order valence-electron chi connectivity index (χ0n) is 10.3. The molecule has 0 aromatic heterocycles. The maximum absolute atomic E-state index is 13.7. The average Bonchev–Trinajstić information content (AvgIpc) is 2.37. The van der Waals surface area contributed by atoms with Crippen LogP contribution in [-0.2, 0) is 4.74 Å². The number of hydrogen-bond acceptors (Lipinski definition) is 3. The number of nitrogens with one attached hydrogen (secondary N) is 2. The van der Waals surface area contributed by atoms with E-state index >= 15 is 0 Å². The minimum Gasteiger partial charge on any atom is -0.383 e. The minimum atomic E-state index is -0.715. The van der Waals surface area contributed by atoms with Crippen molar-refractivity contribution in [3.63, 3.8) is 0 Å². The Kier molecular flexibility index (Phi) is 5.47. The summed E-state index contributed by atoms with van der Waals surface area (Å²) >= 11 is 0. The summed E-state index contributed by atoms with van der Waals surface area (Å²) in [4.78, 5) is 3.95. The molecule has 0 amide bonds. The highest BCUT2D eigenvalue weighted by Crippen LogP contribution is 2.21. The second-order valence-electron chi connectivity index (χ2n) is 3.55. The van der Waals surface area contributed by atoms with Gasteiger partial charge in [0.25, 0.3) is 0 Å². The van der Waals surface area contributed by atoms with E-state index in [9.17, 15) is 8.78 Å². The number of benzene rings is 1. The first-order chi connectivity index (χ1) is 8.60. The summed E-state index contributed by atoms with van der Waals surface area (Å²) in [6.45, 7) is 2.24. The zero-order valence-corrected chi connectivity index (χ0v) is 10.3. The quantitative estimate of drug-likeness (QED) is 0.249. The highest BCUT2D eigenvalue weighted by atomic mass is 19.1. The Morgan fingerprint density at radius 1 is 1.44 bits per heavy atom. The van der Waals surface area contributed by atoms with E-state index in [0.717, 1.165) is 0 Å². The number of aryl methyl sites for hydroxylation is 1. The normalized spacial score (nSPS) is 11.5. The van der Waals surface area contributed by atoms with Crippen molar-refractivity contribution in [2.24, 2.45) is 10.8 Å². The molecule has 0 fully saturated rings. The molecule has 4 N–H and O–H groups in total. The molecule has 0 aliphatic heterocycles. The number of hydrogen-bond donors (Lipinski definition) is 3. The molecule has 1 rings (SSSR count). The van der Waals surface area contributed by atoms with E-state index in [-0.39, 0.29) is 11.6 Å². The molecule has 0 atom stereocenters. The third kappa shape index (κ3) is 3.64. The van der Waals surface area contributed by atoms with Gasteiger partial charge in [-0.2, -0.15) is 0 Å². The van der Waals surface area contributed by atoms with Crippen LogP contribution in [-0.4, -0.2) is 26.2 Å². The molecule has 0 unspecified atom stereocenters. The van der Waals surface area contributed by atoms with E-state index in [1.807, 2.05) is 0 Å². The minimum absolute atomic E-state index is 0.0652. The largest absolute Gasteiger partial charge is 0.383 e. The number of halogens is 2. The molecule has 100 valence electrons. The van der Waals surface area contributed by atoms with Crippen molar-refractivity contribution in [3.8, 4) is 0 Å². The van der Waals surface area contributed by atoms with Crippen molar-refractivity contribution in [2.75, 3.05) is 25.6 Å². The van der Waals surface area contributed by atoms with Crippen LogP contribution >= 0.6 is 0 Å². The molecule has 1 aromatic rings. The van der Waals surface area contributed by atoms with Gasteiger partial charge in [-0.15, -0.1) is 0 Å². The number of nitrogens with two attached hydrogens (primary N) is 1. The Labute approximate surface area is 104 Å². The van der Waals surface area contributed by atoms with Crippen molar-refractivity contribution in [1.29, 1.82) is 0 Å². The second kappa shape index (κ2) is 6.87. The van der Waals surface area contributed by atoms with Crippen LogP contribution in [0, 0.1) is 18.6 Å². The van der Waals surface area contributed by atoms with Gasteiger partial charge in [0.05, 0.1) is 13.2 Å². The van der Waals surface area contributed by atoms with Crippen LogP contribution in [0.1, 0.15) is 5.56 Å². The molecule has 0 aliphatic rings. The number of methoxy groups -OCH3 is 1. The molecule has 0 bridgehead atoms. The van der Waals surface area contributed by atoms with Crippen LogP contribution in [0.25, 0.3) is 0 Å². The molecule has 0 saturated carbocycles. The van der Waals surface area contributed by atoms with E-state index in [2.05, 4.69) is 15.7 Å².